The van der Waals surface area contributed by atoms with Crippen molar-refractivity contribution in [3.63, 3.8) is 0 Å². The van der Waals surface area contributed by atoms with Gasteiger partial charge in [-0.3, -0.25) is 19.9 Å². The number of nitro groups is 1. The zero-order valence-electron chi connectivity index (χ0n) is 9.84. The maximum atomic E-state index is 13.3. The van der Waals surface area contributed by atoms with Crippen LogP contribution in [0.2, 0.25) is 5.02 Å². The monoisotopic (exact) mass is 295 g/mol. The largest absolute Gasteiger partial charge is 0.321 e. The molecule has 8 heteroatoms. The summed E-state index contributed by atoms with van der Waals surface area (Å²) in [4.78, 5) is 25.5. The fourth-order valence-corrected chi connectivity index (χ4v) is 1.72. The lowest BCUT2D eigenvalue weighted by molar-refractivity contribution is -0.387. The summed E-state index contributed by atoms with van der Waals surface area (Å²) in [6, 6.07) is 4.71. The van der Waals surface area contributed by atoms with E-state index < -0.39 is 22.3 Å². The summed E-state index contributed by atoms with van der Waals surface area (Å²) in [5.74, 6) is -1.79. The van der Waals surface area contributed by atoms with E-state index >= 15 is 0 Å². The summed E-state index contributed by atoms with van der Waals surface area (Å²) in [5.41, 5.74) is -0.616. The van der Waals surface area contributed by atoms with Crippen molar-refractivity contribution in [2.75, 3.05) is 5.32 Å². The van der Waals surface area contributed by atoms with Gasteiger partial charge in [0.15, 0.2) is 0 Å². The first kappa shape index (κ1) is 13.9. The average molecular weight is 296 g/mol. The Labute approximate surface area is 117 Å². The van der Waals surface area contributed by atoms with E-state index in [-0.39, 0.29) is 10.6 Å². The summed E-state index contributed by atoms with van der Waals surface area (Å²) in [5, 5.41) is 12.9. The van der Waals surface area contributed by atoms with Crippen LogP contribution in [-0.2, 0) is 0 Å². The topological polar surface area (TPSA) is 85.1 Å². The van der Waals surface area contributed by atoms with Gasteiger partial charge in [0.05, 0.1) is 27.4 Å². The molecule has 2 aromatic rings. The molecule has 0 aliphatic carbocycles. The Bertz CT molecular complexity index is 679. The molecule has 0 saturated heterocycles. The van der Waals surface area contributed by atoms with Crippen LogP contribution >= 0.6 is 11.6 Å². The molecule has 0 atom stereocenters. The van der Waals surface area contributed by atoms with Crippen LogP contribution in [0.1, 0.15) is 10.4 Å². The molecule has 0 saturated carbocycles. The van der Waals surface area contributed by atoms with Gasteiger partial charge in [-0.05, 0) is 12.1 Å². The molecule has 0 bridgehead atoms. The van der Waals surface area contributed by atoms with Crippen molar-refractivity contribution in [1.29, 1.82) is 0 Å². The maximum absolute atomic E-state index is 13.3. The third-order valence-corrected chi connectivity index (χ3v) is 2.71. The minimum Gasteiger partial charge on any atom is -0.321 e. The molecule has 1 amide bonds. The van der Waals surface area contributed by atoms with Gasteiger partial charge in [0.2, 0.25) is 5.82 Å². The van der Waals surface area contributed by atoms with Crippen molar-refractivity contribution < 1.29 is 14.1 Å². The minimum atomic E-state index is -1.10. The molecule has 0 unspecified atom stereocenters. The smallest absolute Gasteiger partial charge is 0.305 e. The van der Waals surface area contributed by atoms with Crippen LogP contribution < -0.4 is 5.32 Å². The molecular formula is C12H7ClFN3O3. The lowest BCUT2D eigenvalue weighted by Gasteiger charge is -2.06. The number of anilines is 1. The number of rotatable bonds is 3. The van der Waals surface area contributed by atoms with Crippen LogP contribution in [-0.4, -0.2) is 15.8 Å². The highest BCUT2D eigenvalue weighted by Gasteiger charge is 2.21. The second-order valence-electron chi connectivity index (χ2n) is 3.74. The first-order valence-electron chi connectivity index (χ1n) is 5.34. The van der Waals surface area contributed by atoms with Crippen LogP contribution in [0.15, 0.2) is 36.7 Å². The van der Waals surface area contributed by atoms with E-state index in [2.05, 4.69) is 10.3 Å². The number of nitro benzene ring substituents is 1. The summed E-state index contributed by atoms with van der Waals surface area (Å²) in [6.45, 7) is 0. The molecule has 0 aliphatic rings. The lowest BCUT2D eigenvalue weighted by atomic mass is 10.1. The van der Waals surface area contributed by atoms with Gasteiger partial charge < -0.3 is 5.32 Å². The molecule has 102 valence electrons. The zero-order valence-corrected chi connectivity index (χ0v) is 10.6. The van der Waals surface area contributed by atoms with Gasteiger partial charge in [0, 0.05) is 18.3 Å². The van der Waals surface area contributed by atoms with Crippen molar-refractivity contribution in [3.05, 3.63) is 63.2 Å². The molecule has 0 radical (unpaired) electrons. The van der Waals surface area contributed by atoms with E-state index in [4.69, 9.17) is 11.6 Å². The lowest BCUT2D eigenvalue weighted by Crippen LogP contribution is -2.13. The highest BCUT2D eigenvalue weighted by atomic mass is 35.5. The molecule has 1 N–H and O–H groups in total. The number of benzene rings is 1. The van der Waals surface area contributed by atoms with Crippen LogP contribution in [0.5, 0.6) is 0 Å². The molecular weight excluding hydrogens is 289 g/mol. The summed E-state index contributed by atoms with van der Waals surface area (Å²) >= 11 is 5.73. The van der Waals surface area contributed by atoms with E-state index in [1.807, 2.05) is 0 Å². The van der Waals surface area contributed by atoms with Gasteiger partial charge in [0.1, 0.15) is 0 Å². The maximum Gasteiger partial charge on any atom is 0.305 e. The number of amides is 1. The van der Waals surface area contributed by atoms with Gasteiger partial charge in [-0.2, -0.15) is 4.39 Å². The number of hydrogen-bond donors (Lipinski definition) is 1. The Hall–Kier alpha value is -2.54. The van der Waals surface area contributed by atoms with E-state index in [1.165, 1.54) is 12.4 Å². The standard InChI is InChI=1S/C12H7ClFN3O3/c13-9-5-10(14)11(17(19)20)4-8(9)12(18)16-7-2-1-3-15-6-7/h1-6H,(H,16,18). The van der Waals surface area contributed by atoms with Crippen molar-refractivity contribution in [2.45, 2.75) is 0 Å². The van der Waals surface area contributed by atoms with Crippen molar-refractivity contribution in [2.24, 2.45) is 0 Å². The Morgan fingerprint density at radius 1 is 1.45 bits per heavy atom. The second-order valence-corrected chi connectivity index (χ2v) is 4.14. The molecule has 20 heavy (non-hydrogen) atoms. The Kier molecular flexibility index (Phi) is 3.90. The SMILES string of the molecule is O=C(Nc1cccnc1)c1cc([N+](=O)[O-])c(F)cc1Cl. The third-order valence-electron chi connectivity index (χ3n) is 2.40. The predicted molar refractivity (Wildman–Crippen MR) is 70.3 cm³/mol. The Balaban J connectivity index is 2.35. The van der Waals surface area contributed by atoms with Crippen molar-refractivity contribution >= 4 is 28.9 Å². The van der Waals surface area contributed by atoms with Crippen LogP contribution in [0.4, 0.5) is 15.8 Å². The van der Waals surface area contributed by atoms with E-state index in [0.717, 1.165) is 12.1 Å². The second kappa shape index (κ2) is 5.62. The normalized spacial score (nSPS) is 10.1. The fourth-order valence-electron chi connectivity index (χ4n) is 1.49. The molecule has 0 aliphatic heterocycles. The van der Waals surface area contributed by atoms with Gasteiger partial charge in [-0.1, -0.05) is 11.6 Å². The number of hydrogen-bond acceptors (Lipinski definition) is 4. The molecule has 0 fully saturated rings. The van der Waals surface area contributed by atoms with Gasteiger partial charge in [0.25, 0.3) is 5.91 Å². The molecule has 2 rings (SSSR count). The van der Waals surface area contributed by atoms with E-state index in [0.29, 0.717) is 5.69 Å². The number of aromatic nitrogens is 1. The van der Waals surface area contributed by atoms with Crippen LogP contribution in [0.3, 0.4) is 0 Å². The summed E-state index contributed by atoms with van der Waals surface area (Å²) in [7, 11) is 0. The number of pyridine rings is 1. The molecule has 1 aromatic heterocycles. The first-order chi connectivity index (χ1) is 9.49. The Morgan fingerprint density at radius 3 is 2.80 bits per heavy atom. The molecule has 6 nitrogen and oxygen atoms in total. The number of nitrogens with zero attached hydrogens (tertiary/aromatic N) is 2. The molecule has 1 heterocycles. The highest BCUT2D eigenvalue weighted by molar-refractivity contribution is 6.34. The van der Waals surface area contributed by atoms with Gasteiger partial charge >= 0.3 is 5.69 Å². The fraction of sp³-hybridized carbons (Fsp3) is 0. The van der Waals surface area contributed by atoms with Crippen molar-refractivity contribution in [1.82, 2.24) is 4.98 Å². The summed E-state index contributed by atoms with van der Waals surface area (Å²) < 4.78 is 13.3. The average Bonchev–Trinajstić information content (AvgIpc) is 2.39. The summed E-state index contributed by atoms with van der Waals surface area (Å²) in [6.07, 6.45) is 2.91. The minimum absolute atomic E-state index is 0.191. The van der Waals surface area contributed by atoms with Gasteiger partial charge in [-0.25, -0.2) is 0 Å². The first-order valence-corrected chi connectivity index (χ1v) is 5.71. The van der Waals surface area contributed by atoms with E-state index in [1.54, 1.807) is 12.1 Å². The number of nitrogens with one attached hydrogen (secondary N) is 1. The molecule has 0 spiro atoms. The molecule has 1 aromatic carbocycles. The van der Waals surface area contributed by atoms with Crippen LogP contribution in [0, 0.1) is 15.9 Å². The Morgan fingerprint density at radius 2 is 2.20 bits per heavy atom. The van der Waals surface area contributed by atoms with E-state index in [9.17, 15) is 19.3 Å². The number of carbonyl (C=O) groups is 1. The zero-order chi connectivity index (χ0) is 14.7. The predicted octanol–water partition coefficient (Wildman–Crippen LogP) is 3.03. The van der Waals surface area contributed by atoms with Crippen LogP contribution in [0.25, 0.3) is 0 Å². The van der Waals surface area contributed by atoms with Gasteiger partial charge in [-0.15, -0.1) is 0 Å². The number of halogens is 2. The third kappa shape index (κ3) is 2.89. The quantitative estimate of drug-likeness (QED) is 0.696. The van der Waals surface area contributed by atoms with Crippen molar-refractivity contribution in [3.8, 4) is 0 Å². The number of carbonyl (C=O) groups excluding carboxylic acids is 1. The highest BCUT2D eigenvalue weighted by Crippen LogP contribution is 2.26.